The van der Waals surface area contributed by atoms with E-state index in [1.165, 1.54) is 17.0 Å². The molecule has 2 aromatic carbocycles. The maximum atomic E-state index is 13.1. The number of benzene rings is 2. The van der Waals surface area contributed by atoms with Gasteiger partial charge in [0, 0.05) is 18.7 Å². The van der Waals surface area contributed by atoms with E-state index in [2.05, 4.69) is 4.90 Å². The Morgan fingerprint density at radius 3 is 2.45 bits per heavy atom. The van der Waals surface area contributed by atoms with Crippen LogP contribution in [0.15, 0.2) is 54.1 Å². The van der Waals surface area contributed by atoms with E-state index in [1.54, 1.807) is 36.4 Å². The van der Waals surface area contributed by atoms with Crippen LogP contribution >= 0.6 is 0 Å². The van der Waals surface area contributed by atoms with Crippen LogP contribution < -0.4 is 4.74 Å². The molecular formula is C26H32N2O5. The number of likely N-dealkylation sites (tertiary alicyclic amines) is 1. The van der Waals surface area contributed by atoms with Gasteiger partial charge in [0.1, 0.15) is 17.3 Å². The van der Waals surface area contributed by atoms with Crippen LogP contribution in [0.25, 0.3) is 5.76 Å². The minimum Gasteiger partial charge on any atom is -0.508 e. The summed E-state index contributed by atoms with van der Waals surface area (Å²) in [5, 5.41) is 21.3. The molecule has 7 heteroatoms. The van der Waals surface area contributed by atoms with Crippen LogP contribution in [0.4, 0.5) is 0 Å². The number of aromatic hydroxyl groups is 1. The number of ether oxygens (including phenoxy) is 1. The van der Waals surface area contributed by atoms with E-state index >= 15 is 0 Å². The number of hydrogen-bond acceptors (Lipinski definition) is 6. The van der Waals surface area contributed by atoms with Crippen LogP contribution in [0.3, 0.4) is 0 Å². The van der Waals surface area contributed by atoms with Crippen molar-refractivity contribution in [2.45, 2.75) is 33.2 Å². The SMILES string of the molecule is CCCOc1cccc(C(O)=C2C(=O)C(=O)N(CCN(CC)CC)C2c2cccc(O)c2)c1. The second-order valence-electron chi connectivity index (χ2n) is 7.99. The molecular weight excluding hydrogens is 420 g/mol. The Hall–Kier alpha value is -3.32. The fourth-order valence-electron chi connectivity index (χ4n) is 4.05. The summed E-state index contributed by atoms with van der Waals surface area (Å²) in [6.45, 7) is 9.17. The van der Waals surface area contributed by atoms with Crippen LogP contribution in [-0.2, 0) is 9.59 Å². The van der Waals surface area contributed by atoms with Crippen molar-refractivity contribution in [1.29, 1.82) is 0 Å². The zero-order valence-corrected chi connectivity index (χ0v) is 19.5. The van der Waals surface area contributed by atoms with Crippen molar-refractivity contribution >= 4 is 17.4 Å². The fourth-order valence-corrected chi connectivity index (χ4v) is 4.05. The summed E-state index contributed by atoms with van der Waals surface area (Å²) in [6.07, 6.45) is 0.839. The second-order valence-corrected chi connectivity index (χ2v) is 7.99. The predicted molar refractivity (Wildman–Crippen MR) is 127 cm³/mol. The number of carbonyl (C=O) groups is 2. The van der Waals surface area contributed by atoms with Crippen molar-refractivity contribution < 1.29 is 24.5 Å². The lowest BCUT2D eigenvalue weighted by atomic mass is 9.95. The van der Waals surface area contributed by atoms with Crippen molar-refractivity contribution in [1.82, 2.24) is 9.80 Å². The molecule has 1 aliphatic rings. The summed E-state index contributed by atoms with van der Waals surface area (Å²) in [6, 6.07) is 12.5. The van der Waals surface area contributed by atoms with E-state index < -0.39 is 17.7 Å². The molecule has 0 radical (unpaired) electrons. The number of hydrogen-bond donors (Lipinski definition) is 2. The third-order valence-electron chi connectivity index (χ3n) is 5.86. The Labute approximate surface area is 194 Å². The summed E-state index contributed by atoms with van der Waals surface area (Å²) in [5.74, 6) is -1.05. The molecule has 3 rings (SSSR count). The number of aliphatic hydroxyl groups excluding tert-OH is 1. The van der Waals surface area contributed by atoms with Crippen molar-refractivity contribution in [3.63, 3.8) is 0 Å². The first-order chi connectivity index (χ1) is 15.9. The van der Waals surface area contributed by atoms with Gasteiger partial charge in [-0.15, -0.1) is 0 Å². The minimum atomic E-state index is -0.798. The number of aliphatic hydroxyl groups is 1. The van der Waals surface area contributed by atoms with Gasteiger partial charge in [-0.1, -0.05) is 45.0 Å². The first-order valence-electron chi connectivity index (χ1n) is 11.4. The van der Waals surface area contributed by atoms with Gasteiger partial charge in [0.05, 0.1) is 18.2 Å². The molecule has 1 atom stereocenters. The summed E-state index contributed by atoms with van der Waals surface area (Å²) >= 11 is 0. The number of nitrogens with zero attached hydrogens (tertiary/aromatic N) is 2. The highest BCUT2D eigenvalue weighted by Crippen LogP contribution is 2.40. The average molecular weight is 453 g/mol. The van der Waals surface area contributed by atoms with E-state index in [4.69, 9.17) is 4.74 Å². The van der Waals surface area contributed by atoms with Gasteiger partial charge < -0.3 is 24.7 Å². The normalized spacial score (nSPS) is 17.7. The molecule has 2 aromatic rings. The third kappa shape index (κ3) is 5.37. The lowest BCUT2D eigenvalue weighted by Gasteiger charge is -2.28. The molecule has 0 saturated carbocycles. The number of Topliss-reactive ketones (excluding diaryl/α,β-unsaturated/α-hetero) is 1. The Morgan fingerprint density at radius 2 is 1.79 bits per heavy atom. The Bertz CT molecular complexity index is 1030. The van der Waals surface area contributed by atoms with Crippen molar-refractivity contribution in [3.05, 3.63) is 65.2 Å². The molecule has 1 amide bonds. The van der Waals surface area contributed by atoms with Crippen LogP contribution in [0, 0.1) is 0 Å². The molecule has 1 saturated heterocycles. The zero-order chi connectivity index (χ0) is 24.0. The molecule has 176 valence electrons. The zero-order valence-electron chi connectivity index (χ0n) is 19.5. The third-order valence-corrected chi connectivity index (χ3v) is 5.86. The van der Waals surface area contributed by atoms with Gasteiger partial charge >= 0.3 is 0 Å². The summed E-state index contributed by atoms with van der Waals surface area (Å²) < 4.78 is 5.66. The predicted octanol–water partition coefficient (Wildman–Crippen LogP) is 3.94. The van der Waals surface area contributed by atoms with Gasteiger partial charge in [-0.05, 0) is 49.3 Å². The highest BCUT2D eigenvalue weighted by Gasteiger charge is 2.46. The van der Waals surface area contributed by atoms with Gasteiger partial charge in [0.15, 0.2) is 0 Å². The van der Waals surface area contributed by atoms with Crippen LogP contribution in [0.2, 0.25) is 0 Å². The molecule has 7 nitrogen and oxygen atoms in total. The topological polar surface area (TPSA) is 90.3 Å². The summed E-state index contributed by atoms with van der Waals surface area (Å²) in [5.41, 5.74) is 0.974. The first-order valence-corrected chi connectivity index (χ1v) is 11.4. The lowest BCUT2D eigenvalue weighted by Crippen LogP contribution is -2.38. The largest absolute Gasteiger partial charge is 0.508 e. The molecule has 2 N–H and O–H groups in total. The minimum absolute atomic E-state index is 0.0118. The highest BCUT2D eigenvalue weighted by atomic mass is 16.5. The van der Waals surface area contributed by atoms with Crippen molar-refractivity contribution in [3.8, 4) is 11.5 Å². The standard InChI is InChI=1S/C26H32N2O5/c1-4-15-33-21-12-8-10-19(17-21)24(30)22-23(18-9-7-11-20(29)16-18)28(26(32)25(22)31)14-13-27(5-2)6-3/h7-12,16-17,23,29-30H,4-6,13-15H2,1-3H3. The van der Waals surface area contributed by atoms with Crippen LogP contribution in [0.5, 0.6) is 11.5 Å². The van der Waals surface area contributed by atoms with Gasteiger partial charge in [-0.25, -0.2) is 0 Å². The molecule has 0 aromatic heterocycles. The number of ketones is 1. The molecule has 0 spiro atoms. The van der Waals surface area contributed by atoms with E-state index in [1.807, 2.05) is 20.8 Å². The van der Waals surface area contributed by atoms with Gasteiger partial charge in [0.25, 0.3) is 11.7 Å². The van der Waals surface area contributed by atoms with E-state index in [0.717, 1.165) is 19.5 Å². The summed E-state index contributed by atoms with van der Waals surface area (Å²) in [4.78, 5) is 29.8. The molecule has 1 aliphatic heterocycles. The van der Waals surface area contributed by atoms with Crippen LogP contribution in [-0.4, -0.2) is 64.5 Å². The second kappa shape index (κ2) is 11.0. The number of phenolic OH excluding ortho intramolecular Hbond substituents is 1. The Balaban J connectivity index is 2.07. The first kappa shape index (κ1) is 24.3. The maximum absolute atomic E-state index is 13.1. The highest BCUT2D eigenvalue weighted by molar-refractivity contribution is 6.46. The Kier molecular flexibility index (Phi) is 8.11. The summed E-state index contributed by atoms with van der Waals surface area (Å²) in [7, 11) is 0. The van der Waals surface area contributed by atoms with Gasteiger partial charge in [-0.3, -0.25) is 9.59 Å². The maximum Gasteiger partial charge on any atom is 0.295 e. The molecule has 0 bridgehead atoms. The van der Waals surface area contributed by atoms with Gasteiger partial charge in [0.2, 0.25) is 0 Å². The van der Waals surface area contributed by atoms with Crippen molar-refractivity contribution in [2.24, 2.45) is 0 Å². The number of amides is 1. The molecule has 1 unspecified atom stereocenters. The number of phenols is 1. The van der Waals surface area contributed by atoms with Crippen molar-refractivity contribution in [2.75, 3.05) is 32.8 Å². The number of likely N-dealkylation sites (N-methyl/N-ethyl adjacent to an activating group) is 1. The monoisotopic (exact) mass is 452 g/mol. The number of carbonyl (C=O) groups excluding carboxylic acids is 2. The molecule has 1 fully saturated rings. The van der Waals surface area contributed by atoms with E-state index in [0.29, 0.717) is 36.6 Å². The quantitative estimate of drug-likeness (QED) is 0.322. The number of rotatable bonds is 10. The lowest BCUT2D eigenvalue weighted by molar-refractivity contribution is -0.140. The molecule has 0 aliphatic carbocycles. The van der Waals surface area contributed by atoms with E-state index in [-0.39, 0.29) is 17.1 Å². The van der Waals surface area contributed by atoms with Gasteiger partial charge in [-0.2, -0.15) is 0 Å². The molecule has 33 heavy (non-hydrogen) atoms. The van der Waals surface area contributed by atoms with Crippen LogP contribution in [0.1, 0.15) is 44.4 Å². The smallest absolute Gasteiger partial charge is 0.295 e. The Morgan fingerprint density at radius 1 is 1.06 bits per heavy atom. The van der Waals surface area contributed by atoms with E-state index in [9.17, 15) is 19.8 Å². The molecule has 1 heterocycles. The fraction of sp³-hybridized carbons (Fsp3) is 0.385. The average Bonchev–Trinajstić information content (AvgIpc) is 3.08.